The highest BCUT2D eigenvalue weighted by Crippen LogP contribution is 2.38. The number of aliphatic imine (C=N–C) groups is 2. The van der Waals surface area contributed by atoms with Crippen LogP contribution in [-0.2, 0) is 16.1 Å². The summed E-state index contributed by atoms with van der Waals surface area (Å²) in [7, 11) is 1.61. The Morgan fingerprint density at radius 3 is 2.66 bits per heavy atom. The van der Waals surface area contributed by atoms with Gasteiger partial charge in [-0.15, -0.1) is 0 Å². The maximum absolute atomic E-state index is 13.5. The highest BCUT2D eigenvalue weighted by Gasteiger charge is 2.42. The Bertz CT molecular complexity index is 1340. The van der Waals surface area contributed by atoms with Crippen LogP contribution in [0, 0.1) is 0 Å². The second-order valence-electron chi connectivity index (χ2n) is 8.18. The largest absolute Gasteiger partial charge is 0.497 e. The molecule has 35 heavy (non-hydrogen) atoms. The molecule has 3 aromatic carbocycles. The molecule has 0 spiro atoms. The fourth-order valence-corrected chi connectivity index (χ4v) is 4.95. The van der Waals surface area contributed by atoms with E-state index in [4.69, 9.17) is 14.7 Å². The first-order valence-corrected chi connectivity index (χ1v) is 12.1. The summed E-state index contributed by atoms with van der Waals surface area (Å²) in [4.78, 5) is 37.5. The molecule has 0 saturated carbocycles. The zero-order valence-corrected chi connectivity index (χ0v) is 20.2. The van der Waals surface area contributed by atoms with Gasteiger partial charge in [0.15, 0.2) is 11.2 Å². The van der Waals surface area contributed by atoms with Crippen molar-refractivity contribution in [3.63, 3.8) is 0 Å². The van der Waals surface area contributed by atoms with Gasteiger partial charge in [-0.3, -0.25) is 9.59 Å². The smallest absolute Gasteiger partial charge is 0.263 e. The number of amidine groups is 2. The van der Waals surface area contributed by atoms with E-state index >= 15 is 0 Å². The first kappa shape index (κ1) is 22.9. The Morgan fingerprint density at radius 1 is 1.09 bits per heavy atom. The third-order valence-corrected chi connectivity index (χ3v) is 6.89. The minimum atomic E-state index is -0.639. The average Bonchev–Trinajstić information content (AvgIpc) is 3.25. The molecule has 176 valence electrons. The predicted octanol–water partition coefficient (Wildman–Crippen LogP) is 4.46. The number of benzene rings is 3. The van der Waals surface area contributed by atoms with E-state index in [9.17, 15) is 9.59 Å². The lowest BCUT2D eigenvalue weighted by Gasteiger charge is -2.26. The molecule has 0 bridgehead atoms. The Labute approximate surface area is 207 Å². The molecule has 2 amide bonds. The molecule has 5 rings (SSSR count). The standard InChI is InChI=1S/C27H24N4O3S/c1-17(25(32)28-16-18-9-8-12-20(15-18)34-2)35-27-29-22-14-7-6-13-21(22)24-30-23(26(33)31(24)27)19-10-4-3-5-11-19/h3-15,17,23H,16H2,1-2H3,(H,28,32). The molecule has 0 saturated heterocycles. The number of carbonyl (C=O) groups excluding carboxylic acids is 2. The average molecular weight is 485 g/mol. The van der Waals surface area contributed by atoms with Crippen molar-refractivity contribution in [2.45, 2.75) is 24.8 Å². The molecular weight excluding hydrogens is 460 g/mol. The van der Waals surface area contributed by atoms with Gasteiger partial charge in [0.2, 0.25) is 5.91 Å². The molecule has 0 aromatic heterocycles. The van der Waals surface area contributed by atoms with Crippen LogP contribution >= 0.6 is 11.8 Å². The zero-order valence-electron chi connectivity index (χ0n) is 19.3. The van der Waals surface area contributed by atoms with Gasteiger partial charge in [0, 0.05) is 12.1 Å². The maximum atomic E-state index is 13.5. The minimum absolute atomic E-state index is 0.149. The highest BCUT2D eigenvalue weighted by atomic mass is 32.2. The second kappa shape index (κ2) is 9.76. The van der Waals surface area contributed by atoms with E-state index in [0.29, 0.717) is 17.5 Å². The van der Waals surface area contributed by atoms with E-state index in [-0.39, 0.29) is 11.8 Å². The highest BCUT2D eigenvalue weighted by molar-refractivity contribution is 8.15. The Balaban J connectivity index is 1.36. The van der Waals surface area contributed by atoms with Gasteiger partial charge >= 0.3 is 0 Å². The number of nitrogens with zero attached hydrogens (tertiary/aromatic N) is 3. The number of amides is 2. The minimum Gasteiger partial charge on any atom is -0.497 e. The Kier molecular flexibility index (Phi) is 6.37. The van der Waals surface area contributed by atoms with Gasteiger partial charge in [0.25, 0.3) is 5.91 Å². The summed E-state index contributed by atoms with van der Waals surface area (Å²) in [5.74, 6) is 0.989. The first-order valence-electron chi connectivity index (χ1n) is 11.3. The number of ether oxygens (including phenoxy) is 1. The monoisotopic (exact) mass is 484 g/mol. The summed E-state index contributed by atoms with van der Waals surface area (Å²) in [5, 5.41) is 2.94. The first-order chi connectivity index (χ1) is 17.0. The second-order valence-corrected chi connectivity index (χ2v) is 9.49. The number of rotatable bonds is 6. The van der Waals surface area contributed by atoms with E-state index in [1.165, 1.54) is 11.8 Å². The summed E-state index contributed by atoms with van der Waals surface area (Å²) in [6.45, 7) is 2.18. The fourth-order valence-electron chi connectivity index (χ4n) is 4.01. The van der Waals surface area contributed by atoms with Gasteiger partial charge in [-0.25, -0.2) is 14.9 Å². The molecule has 0 aliphatic carbocycles. The van der Waals surface area contributed by atoms with Crippen molar-refractivity contribution in [1.29, 1.82) is 0 Å². The number of hydrogen-bond acceptors (Lipinski definition) is 6. The SMILES string of the molecule is COc1cccc(CNC(=O)C(C)SC2=Nc3ccccc3C3=NC(c4ccccc4)C(=O)N23)c1. The summed E-state index contributed by atoms with van der Waals surface area (Å²) in [6, 6.07) is 24.0. The van der Waals surface area contributed by atoms with Gasteiger partial charge in [0.1, 0.15) is 11.6 Å². The van der Waals surface area contributed by atoms with Crippen molar-refractivity contribution in [3.8, 4) is 5.75 Å². The van der Waals surface area contributed by atoms with E-state index in [1.54, 1.807) is 18.9 Å². The molecular formula is C27H24N4O3S. The molecule has 1 N–H and O–H groups in total. The number of thioether (sulfide) groups is 1. The van der Waals surface area contributed by atoms with Crippen LogP contribution in [0.4, 0.5) is 5.69 Å². The van der Waals surface area contributed by atoms with E-state index < -0.39 is 11.3 Å². The molecule has 3 aromatic rings. The van der Waals surface area contributed by atoms with Crippen LogP contribution in [0.3, 0.4) is 0 Å². The van der Waals surface area contributed by atoms with E-state index in [1.807, 2.05) is 78.9 Å². The van der Waals surface area contributed by atoms with Crippen molar-refractivity contribution in [2.75, 3.05) is 7.11 Å². The molecule has 2 aliphatic rings. The summed E-state index contributed by atoms with van der Waals surface area (Å²) in [6.07, 6.45) is 0. The molecule has 2 aliphatic heterocycles. The van der Waals surface area contributed by atoms with Crippen LogP contribution < -0.4 is 10.1 Å². The van der Waals surface area contributed by atoms with E-state index in [0.717, 1.165) is 28.1 Å². The Hall–Kier alpha value is -3.91. The molecule has 2 unspecified atom stereocenters. The summed E-state index contributed by atoms with van der Waals surface area (Å²) in [5.41, 5.74) is 3.30. The van der Waals surface area contributed by atoms with Crippen LogP contribution in [0.15, 0.2) is 88.8 Å². The van der Waals surface area contributed by atoms with Crippen molar-refractivity contribution >= 4 is 40.3 Å². The number of carbonyl (C=O) groups is 2. The van der Waals surface area contributed by atoms with E-state index in [2.05, 4.69) is 5.32 Å². The number of hydrogen-bond donors (Lipinski definition) is 1. The summed E-state index contributed by atoms with van der Waals surface area (Å²) < 4.78 is 5.25. The molecule has 2 heterocycles. The zero-order chi connectivity index (χ0) is 24.4. The van der Waals surface area contributed by atoms with Crippen LogP contribution in [0.25, 0.3) is 0 Å². The number of nitrogens with one attached hydrogen (secondary N) is 1. The molecule has 7 nitrogen and oxygen atoms in total. The normalized spacial score (nSPS) is 17.1. The van der Waals surface area contributed by atoms with Gasteiger partial charge in [-0.2, -0.15) is 0 Å². The number of para-hydroxylation sites is 1. The third-order valence-electron chi connectivity index (χ3n) is 5.84. The molecule has 8 heteroatoms. The summed E-state index contributed by atoms with van der Waals surface area (Å²) >= 11 is 1.25. The van der Waals surface area contributed by atoms with Crippen LogP contribution in [0.2, 0.25) is 0 Å². The molecule has 2 atom stereocenters. The lowest BCUT2D eigenvalue weighted by molar-refractivity contribution is -0.124. The van der Waals surface area contributed by atoms with Gasteiger partial charge in [0.05, 0.1) is 18.0 Å². The topological polar surface area (TPSA) is 83.4 Å². The number of methoxy groups -OCH3 is 1. The maximum Gasteiger partial charge on any atom is 0.263 e. The van der Waals surface area contributed by atoms with Crippen LogP contribution in [0.5, 0.6) is 5.75 Å². The van der Waals surface area contributed by atoms with Gasteiger partial charge in [-0.1, -0.05) is 66.4 Å². The number of fused-ring (bicyclic) bond motifs is 3. The van der Waals surface area contributed by atoms with Crippen LogP contribution in [-0.4, -0.2) is 40.1 Å². The fraction of sp³-hybridized carbons (Fsp3) is 0.185. The van der Waals surface area contributed by atoms with Crippen molar-refractivity contribution < 1.29 is 14.3 Å². The van der Waals surface area contributed by atoms with Gasteiger partial charge < -0.3 is 10.1 Å². The Morgan fingerprint density at radius 2 is 1.86 bits per heavy atom. The van der Waals surface area contributed by atoms with Gasteiger partial charge in [-0.05, 0) is 42.3 Å². The van der Waals surface area contributed by atoms with Crippen LogP contribution in [0.1, 0.15) is 29.7 Å². The van der Waals surface area contributed by atoms with Crippen molar-refractivity contribution in [1.82, 2.24) is 10.2 Å². The third kappa shape index (κ3) is 4.57. The lowest BCUT2D eigenvalue weighted by Crippen LogP contribution is -2.41. The molecule has 0 fully saturated rings. The molecule has 0 radical (unpaired) electrons. The van der Waals surface area contributed by atoms with Crippen molar-refractivity contribution in [2.24, 2.45) is 9.98 Å². The quantitative estimate of drug-likeness (QED) is 0.560. The van der Waals surface area contributed by atoms with Crippen molar-refractivity contribution in [3.05, 3.63) is 95.6 Å². The predicted molar refractivity (Wildman–Crippen MR) is 138 cm³/mol. The lowest BCUT2D eigenvalue weighted by atomic mass is 10.1.